The molecule has 0 aliphatic heterocycles. The van der Waals surface area contributed by atoms with Gasteiger partial charge in [0.2, 0.25) is 0 Å². The van der Waals surface area contributed by atoms with Crippen LogP contribution >= 0.6 is 0 Å². The Bertz CT molecular complexity index is 1280. The molecule has 0 aliphatic rings. The van der Waals surface area contributed by atoms with Crippen molar-refractivity contribution < 1.29 is 0 Å². The Morgan fingerprint density at radius 3 is 2.78 bits per heavy atom. The second-order valence-corrected chi connectivity index (χ2v) is 6.59. The number of aryl methyl sites for hydroxylation is 1. The lowest BCUT2D eigenvalue weighted by atomic mass is 10.1. The van der Waals surface area contributed by atoms with Crippen LogP contribution in [0.4, 0.5) is 5.82 Å². The second-order valence-electron chi connectivity index (χ2n) is 6.59. The Morgan fingerprint density at radius 1 is 1.04 bits per heavy atom. The van der Waals surface area contributed by atoms with Crippen molar-refractivity contribution in [1.29, 1.82) is 0 Å². The molecule has 0 fully saturated rings. The molecule has 5 rings (SSSR count). The van der Waals surface area contributed by atoms with Gasteiger partial charge < -0.3 is 5.73 Å². The Labute approximate surface area is 155 Å². The number of nitrogens with zero attached hydrogens (tertiary/aromatic N) is 6. The van der Waals surface area contributed by atoms with E-state index in [2.05, 4.69) is 50.7 Å². The van der Waals surface area contributed by atoms with Crippen LogP contribution in [0.2, 0.25) is 0 Å². The lowest BCUT2D eigenvalue weighted by Gasteiger charge is -2.04. The molecule has 0 spiro atoms. The standard InChI is InChI=1S/C20H17N7/c1-26-20-19(24-25-26)16(10-18(21)23-20)8-13-11-22-27(12-13)17-7-6-14-4-2-3-5-15(14)9-17/h2-7,9-12H,8H2,1H3,(H2,21,23). The van der Waals surface area contributed by atoms with Gasteiger partial charge in [0.15, 0.2) is 5.65 Å². The van der Waals surface area contributed by atoms with Crippen LogP contribution in [0, 0.1) is 0 Å². The third-order valence-electron chi connectivity index (χ3n) is 4.69. The third-order valence-corrected chi connectivity index (χ3v) is 4.69. The molecule has 7 heteroatoms. The van der Waals surface area contributed by atoms with Gasteiger partial charge in [-0.3, -0.25) is 0 Å². The quantitative estimate of drug-likeness (QED) is 0.538. The van der Waals surface area contributed by atoms with Gasteiger partial charge in [-0.2, -0.15) is 5.10 Å². The first-order chi connectivity index (χ1) is 13.2. The maximum Gasteiger partial charge on any atom is 0.180 e. The zero-order valence-electron chi connectivity index (χ0n) is 14.7. The molecule has 0 bridgehead atoms. The molecule has 3 heterocycles. The minimum absolute atomic E-state index is 0.463. The zero-order valence-corrected chi connectivity index (χ0v) is 14.7. The number of fused-ring (bicyclic) bond motifs is 2. The molecule has 0 saturated heterocycles. The number of hydrogen-bond donors (Lipinski definition) is 1. The van der Waals surface area contributed by atoms with Crippen LogP contribution < -0.4 is 5.73 Å². The average Bonchev–Trinajstić information content (AvgIpc) is 3.29. The smallest absolute Gasteiger partial charge is 0.180 e. The number of hydrogen-bond acceptors (Lipinski definition) is 5. The van der Waals surface area contributed by atoms with Gasteiger partial charge in [-0.25, -0.2) is 14.3 Å². The van der Waals surface area contributed by atoms with Crippen molar-refractivity contribution in [3.05, 3.63) is 72.1 Å². The maximum absolute atomic E-state index is 5.95. The first-order valence-corrected chi connectivity index (χ1v) is 8.65. The van der Waals surface area contributed by atoms with E-state index >= 15 is 0 Å². The number of rotatable bonds is 3. The molecule has 0 saturated carbocycles. The number of nitrogens with two attached hydrogens (primary N) is 1. The molecule has 3 aromatic heterocycles. The normalized spacial score (nSPS) is 11.4. The lowest BCUT2D eigenvalue weighted by molar-refractivity contribution is 0.730. The van der Waals surface area contributed by atoms with Crippen molar-refractivity contribution in [3.8, 4) is 5.69 Å². The van der Waals surface area contributed by atoms with E-state index in [-0.39, 0.29) is 0 Å². The molecule has 27 heavy (non-hydrogen) atoms. The Hall–Kier alpha value is -3.74. The van der Waals surface area contributed by atoms with Crippen LogP contribution in [0.3, 0.4) is 0 Å². The fraction of sp³-hybridized carbons (Fsp3) is 0.100. The fourth-order valence-electron chi connectivity index (χ4n) is 3.35. The number of benzene rings is 2. The van der Waals surface area contributed by atoms with Crippen LogP contribution in [0.15, 0.2) is 60.9 Å². The number of anilines is 1. The minimum Gasteiger partial charge on any atom is -0.384 e. The van der Waals surface area contributed by atoms with Crippen molar-refractivity contribution in [1.82, 2.24) is 29.8 Å². The second kappa shape index (κ2) is 5.91. The van der Waals surface area contributed by atoms with Gasteiger partial charge in [0, 0.05) is 19.7 Å². The van der Waals surface area contributed by atoms with E-state index in [1.54, 1.807) is 4.68 Å². The molecule has 2 N–H and O–H groups in total. The van der Waals surface area contributed by atoms with Crippen LogP contribution in [0.25, 0.3) is 27.6 Å². The predicted octanol–water partition coefficient (Wildman–Crippen LogP) is 2.88. The zero-order chi connectivity index (χ0) is 18.4. The van der Waals surface area contributed by atoms with Crippen molar-refractivity contribution in [3.63, 3.8) is 0 Å². The summed E-state index contributed by atoms with van der Waals surface area (Å²) in [5.41, 5.74) is 10.5. The van der Waals surface area contributed by atoms with E-state index in [1.807, 2.05) is 42.3 Å². The topological polar surface area (TPSA) is 87.4 Å². The number of nitrogen functional groups attached to an aromatic ring is 1. The molecule has 0 unspecified atom stereocenters. The van der Waals surface area contributed by atoms with Gasteiger partial charge in [-0.05, 0) is 40.1 Å². The van der Waals surface area contributed by atoms with Crippen LogP contribution in [-0.2, 0) is 13.5 Å². The van der Waals surface area contributed by atoms with E-state index in [1.165, 1.54) is 10.8 Å². The SMILES string of the molecule is Cn1nnc2c(Cc3cnn(-c4ccc5ccccc5c4)c3)cc(N)nc21. The molecule has 0 radical (unpaired) electrons. The minimum atomic E-state index is 0.463. The van der Waals surface area contributed by atoms with Gasteiger partial charge in [-0.1, -0.05) is 35.5 Å². The van der Waals surface area contributed by atoms with Crippen molar-refractivity contribution in [2.75, 3.05) is 5.73 Å². The first-order valence-electron chi connectivity index (χ1n) is 8.65. The number of pyridine rings is 1. The van der Waals surface area contributed by atoms with E-state index in [9.17, 15) is 0 Å². The van der Waals surface area contributed by atoms with Gasteiger partial charge in [0.05, 0.1) is 11.9 Å². The summed E-state index contributed by atoms with van der Waals surface area (Å²) in [6.07, 6.45) is 4.56. The molecule has 0 aliphatic carbocycles. The molecule has 2 aromatic carbocycles. The largest absolute Gasteiger partial charge is 0.384 e. The third kappa shape index (κ3) is 2.69. The summed E-state index contributed by atoms with van der Waals surface area (Å²) < 4.78 is 3.52. The highest BCUT2D eigenvalue weighted by molar-refractivity contribution is 5.84. The van der Waals surface area contributed by atoms with Gasteiger partial charge in [0.25, 0.3) is 0 Å². The average molecular weight is 355 g/mol. The lowest BCUT2D eigenvalue weighted by Crippen LogP contribution is -1.99. The molecular formula is C20H17N7. The van der Waals surface area contributed by atoms with Crippen molar-refractivity contribution >= 4 is 27.8 Å². The summed E-state index contributed by atoms with van der Waals surface area (Å²) in [5.74, 6) is 0.463. The van der Waals surface area contributed by atoms with Gasteiger partial charge in [0.1, 0.15) is 11.3 Å². The molecular weight excluding hydrogens is 338 g/mol. The molecule has 0 atom stereocenters. The van der Waals surface area contributed by atoms with Crippen molar-refractivity contribution in [2.24, 2.45) is 7.05 Å². The van der Waals surface area contributed by atoms with E-state index in [0.717, 1.165) is 22.3 Å². The summed E-state index contributed by atoms with van der Waals surface area (Å²) in [5, 5.41) is 15.2. The van der Waals surface area contributed by atoms with E-state index in [4.69, 9.17) is 5.73 Å². The summed E-state index contributed by atoms with van der Waals surface area (Å²) in [7, 11) is 1.81. The Kier molecular flexibility index (Phi) is 3.39. The summed E-state index contributed by atoms with van der Waals surface area (Å²) >= 11 is 0. The van der Waals surface area contributed by atoms with E-state index < -0.39 is 0 Å². The Balaban J connectivity index is 1.50. The molecule has 5 aromatic rings. The maximum atomic E-state index is 5.95. The van der Waals surface area contributed by atoms with Crippen LogP contribution in [-0.4, -0.2) is 29.8 Å². The fourth-order valence-corrected chi connectivity index (χ4v) is 3.35. The highest BCUT2D eigenvalue weighted by atomic mass is 15.4. The Morgan fingerprint density at radius 2 is 1.89 bits per heavy atom. The molecule has 0 amide bonds. The van der Waals surface area contributed by atoms with Crippen molar-refractivity contribution in [2.45, 2.75) is 6.42 Å². The highest BCUT2D eigenvalue weighted by Crippen LogP contribution is 2.22. The van der Waals surface area contributed by atoms with Crippen LogP contribution in [0.1, 0.15) is 11.1 Å². The highest BCUT2D eigenvalue weighted by Gasteiger charge is 2.12. The molecule has 132 valence electrons. The first kappa shape index (κ1) is 15.5. The van der Waals surface area contributed by atoms with Gasteiger partial charge in [-0.15, -0.1) is 5.10 Å². The summed E-state index contributed by atoms with van der Waals surface area (Å²) in [6, 6.07) is 16.5. The number of aromatic nitrogens is 6. The predicted molar refractivity (Wildman–Crippen MR) is 105 cm³/mol. The van der Waals surface area contributed by atoms with E-state index in [0.29, 0.717) is 17.9 Å². The summed E-state index contributed by atoms with van der Waals surface area (Å²) in [4.78, 5) is 4.31. The monoisotopic (exact) mass is 355 g/mol. The molecule has 7 nitrogen and oxygen atoms in total. The van der Waals surface area contributed by atoms with Crippen LogP contribution in [0.5, 0.6) is 0 Å². The van der Waals surface area contributed by atoms with Gasteiger partial charge >= 0.3 is 0 Å². The summed E-state index contributed by atoms with van der Waals surface area (Å²) in [6.45, 7) is 0.